The summed E-state index contributed by atoms with van der Waals surface area (Å²) in [4.78, 5) is 0. The van der Waals surface area contributed by atoms with E-state index < -0.39 is 0 Å². The largest absolute Gasteiger partial charge is 0.399 e. The molecule has 3 heteroatoms. The molecule has 1 fully saturated rings. The van der Waals surface area contributed by atoms with Crippen LogP contribution in [-0.2, 0) is 0 Å². The average molecular weight is 222 g/mol. The Labute approximate surface area is 95.6 Å². The molecule has 0 spiro atoms. The van der Waals surface area contributed by atoms with Gasteiger partial charge in [-0.3, -0.25) is 0 Å². The van der Waals surface area contributed by atoms with Crippen LogP contribution < -0.4 is 11.1 Å². The first-order valence-corrected chi connectivity index (χ1v) is 6.61. The third-order valence-corrected chi connectivity index (χ3v) is 3.74. The van der Waals surface area contributed by atoms with Crippen LogP contribution in [0.25, 0.3) is 0 Å². The molecule has 1 aromatic rings. The molecule has 1 aliphatic heterocycles. The van der Waals surface area contributed by atoms with Gasteiger partial charge in [0.25, 0.3) is 0 Å². The van der Waals surface area contributed by atoms with Gasteiger partial charge in [0, 0.05) is 17.4 Å². The fourth-order valence-corrected chi connectivity index (χ4v) is 3.08. The predicted octanol–water partition coefficient (Wildman–Crippen LogP) is 2.88. The summed E-state index contributed by atoms with van der Waals surface area (Å²) >= 11 is 2.05. The molecule has 1 saturated heterocycles. The lowest BCUT2D eigenvalue weighted by atomic mass is 10.1. The Morgan fingerprint density at radius 1 is 1.27 bits per heavy atom. The minimum atomic E-state index is 0.632. The van der Waals surface area contributed by atoms with Gasteiger partial charge in [-0.15, -0.1) is 0 Å². The van der Waals surface area contributed by atoms with Crippen molar-refractivity contribution in [3.05, 3.63) is 23.8 Å². The van der Waals surface area contributed by atoms with E-state index in [0.717, 1.165) is 5.69 Å². The van der Waals surface area contributed by atoms with E-state index in [9.17, 15) is 0 Å². The molecule has 0 radical (unpaired) electrons. The van der Waals surface area contributed by atoms with Gasteiger partial charge >= 0.3 is 0 Å². The molecule has 1 heterocycles. The summed E-state index contributed by atoms with van der Waals surface area (Å²) in [5, 5.41) is 3.57. The van der Waals surface area contributed by atoms with Gasteiger partial charge in [-0.2, -0.15) is 11.8 Å². The van der Waals surface area contributed by atoms with Crippen molar-refractivity contribution >= 4 is 23.1 Å². The van der Waals surface area contributed by atoms with Crippen LogP contribution >= 0.6 is 11.8 Å². The van der Waals surface area contributed by atoms with Crippen molar-refractivity contribution in [3.63, 3.8) is 0 Å². The highest BCUT2D eigenvalue weighted by Crippen LogP contribution is 2.22. The highest BCUT2D eigenvalue weighted by Gasteiger charge is 2.13. The molecule has 0 atom stereocenters. The zero-order valence-electron chi connectivity index (χ0n) is 9.12. The standard InChI is InChI=1S/C12H18N2S/c1-9-6-10(13)8-12(7-9)14-11-2-4-15-5-3-11/h6-8,11,14H,2-5,13H2,1H3. The maximum Gasteiger partial charge on any atom is 0.0365 e. The zero-order valence-corrected chi connectivity index (χ0v) is 9.94. The number of nitrogens with one attached hydrogen (secondary N) is 1. The van der Waals surface area contributed by atoms with Gasteiger partial charge in [0.15, 0.2) is 0 Å². The number of benzene rings is 1. The molecule has 82 valence electrons. The lowest BCUT2D eigenvalue weighted by Crippen LogP contribution is -2.24. The number of aryl methyl sites for hydroxylation is 1. The lowest BCUT2D eigenvalue weighted by molar-refractivity contribution is 0.667. The number of hydrogen-bond acceptors (Lipinski definition) is 3. The van der Waals surface area contributed by atoms with Gasteiger partial charge in [-0.1, -0.05) is 0 Å². The van der Waals surface area contributed by atoms with E-state index in [0.29, 0.717) is 6.04 Å². The van der Waals surface area contributed by atoms with Crippen LogP contribution in [-0.4, -0.2) is 17.5 Å². The fourth-order valence-electron chi connectivity index (χ4n) is 1.97. The van der Waals surface area contributed by atoms with E-state index in [1.807, 2.05) is 12.1 Å². The summed E-state index contributed by atoms with van der Waals surface area (Å²) in [6.07, 6.45) is 2.52. The monoisotopic (exact) mass is 222 g/mol. The Hall–Kier alpha value is -0.830. The second kappa shape index (κ2) is 4.79. The average Bonchev–Trinajstić information content (AvgIpc) is 2.17. The molecule has 0 unspecified atom stereocenters. The van der Waals surface area contributed by atoms with E-state index in [1.54, 1.807) is 0 Å². The van der Waals surface area contributed by atoms with Crippen molar-refractivity contribution in [2.75, 3.05) is 22.6 Å². The summed E-state index contributed by atoms with van der Waals surface area (Å²) in [5.41, 5.74) is 9.07. The molecule has 2 nitrogen and oxygen atoms in total. The van der Waals surface area contributed by atoms with Crippen LogP contribution in [0, 0.1) is 6.92 Å². The first-order chi connectivity index (χ1) is 7.24. The second-order valence-electron chi connectivity index (χ2n) is 4.16. The second-order valence-corrected chi connectivity index (χ2v) is 5.39. The van der Waals surface area contributed by atoms with Crippen molar-refractivity contribution in [2.24, 2.45) is 0 Å². The molecule has 0 saturated carbocycles. The molecule has 3 N–H and O–H groups in total. The highest BCUT2D eigenvalue weighted by molar-refractivity contribution is 7.99. The molecule has 0 aromatic heterocycles. The fraction of sp³-hybridized carbons (Fsp3) is 0.500. The van der Waals surface area contributed by atoms with Crippen LogP contribution in [0.3, 0.4) is 0 Å². The summed E-state index contributed by atoms with van der Waals surface area (Å²) in [5.74, 6) is 2.55. The first kappa shape index (κ1) is 10.7. The Kier molecular flexibility index (Phi) is 3.41. The van der Waals surface area contributed by atoms with Crippen LogP contribution in [0.1, 0.15) is 18.4 Å². The molecule has 2 rings (SSSR count). The van der Waals surface area contributed by atoms with Crippen LogP contribution in [0.15, 0.2) is 18.2 Å². The molecule has 1 aliphatic rings. The maximum absolute atomic E-state index is 5.82. The third kappa shape index (κ3) is 3.06. The van der Waals surface area contributed by atoms with E-state index in [1.165, 1.54) is 35.6 Å². The molecular formula is C12H18N2S. The SMILES string of the molecule is Cc1cc(N)cc(NC2CCSCC2)c1. The zero-order chi connectivity index (χ0) is 10.7. The van der Waals surface area contributed by atoms with Crippen molar-refractivity contribution in [1.82, 2.24) is 0 Å². The summed E-state index contributed by atoms with van der Waals surface area (Å²) < 4.78 is 0. The van der Waals surface area contributed by atoms with E-state index in [4.69, 9.17) is 5.73 Å². The smallest absolute Gasteiger partial charge is 0.0365 e. The van der Waals surface area contributed by atoms with E-state index >= 15 is 0 Å². The minimum Gasteiger partial charge on any atom is -0.399 e. The third-order valence-electron chi connectivity index (χ3n) is 2.69. The van der Waals surface area contributed by atoms with Crippen LogP contribution in [0.4, 0.5) is 11.4 Å². The summed E-state index contributed by atoms with van der Waals surface area (Å²) in [6.45, 7) is 2.08. The molecule has 15 heavy (non-hydrogen) atoms. The van der Waals surface area contributed by atoms with Crippen molar-refractivity contribution in [2.45, 2.75) is 25.8 Å². The number of anilines is 2. The predicted molar refractivity (Wildman–Crippen MR) is 69.6 cm³/mol. The number of nitrogens with two attached hydrogens (primary N) is 1. The normalized spacial score (nSPS) is 17.7. The number of thioether (sulfide) groups is 1. The van der Waals surface area contributed by atoms with Crippen LogP contribution in [0.2, 0.25) is 0 Å². The minimum absolute atomic E-state index is 0.632. The molecule has 0 amide bonds. The Morgan fingerprint density at radius 2 is 2.00 bits per heavy atom. The first-order valence-electron chi connectivity index (χ1n) is 5.45. The molecule has 0 bridgehead atoms. The van der Waals surface area contributed by atoms with Gasteiger partial charge in [-0.25, -0.2) is 0 Å². The maximum atomic E-state index is 5.82. The lowest BCUT2D eigenvalue weighted by Gasteiger charge is -2.24. The molecule has 0 aliphatic carbocycles. The quantitative estimate of drug-likeness (QED) is 0.756. The van der Waals surface area contributed by atoms with Gasteiger partial charge < -0.3 is 11.1 Å². The van der Waals surface area contributed by atoms with Gasteiger partial charge in [0.1, 0.15) is 0 Å². The van der Waals surface area contributed by atoms with Crippen LogP contribution in [0.5, 0.6) is 0 Å². The van der Waals surface area contributed by atoms with Gasteiger partial charge in [0.05, 0.1) is 0 Å². The topological polar surface area (TPSA) is 38.0 Å². The molecule has 1 aromatic carbocycles. The van der Waals surface area contributed by atoms with Gasteiger partial charge in [-0.05, 0) is 55.0 Å². The van der Waals surface area contributed by atoms with Gasteiger partial charge in [0.2, 0.25) is 0 Å². The number of rotatable bonds is 2. The number of hydrogen-bond donors (Lipinski definition) is 2. The van der Waals surface area contributed by atoms with Crippen molar-refractivity contribution in [3.8, 4) is 0 Å². The Bertz CT molecular complexity index is 312. The summed E-state index contributed by atoms with van der Waals surface area (Å²) in [7, 11) is 0. The van der Waals surface area contributed by atoms with E-state index in [-0.39, 0.29) is 0 Å². The molecular weight excluding hydrogens is 204 g/mol. The number of nitrogen functional groups attached to an aromatic ring is 1. The Balaban J connectivity index is 2.02. The summed E-state index contributed by atoms with van der Waals surface area (Å²) in [6, 6.07) is 6.82. The Morgan fingerprint density at radius 3 is 2.67 bits per heavy atom. The van der Waals surface area contributed by atoms with Crippen molar-refractivity contribution in [1.29, 1.82) is 0 Å². The van der Waals surface area contributed by atoms with Crippen molar-refractivity contribution < 1.29 is 0 Å². The highest BCUT2D eigenvalue weighted by atomic mass is 32.2. The van der Waals surface area contributed by atoms with E-state index in [2.05, 4.69) is 30.1 Å².